The number of ether oxygens (including phenoxy) is 1. The number of nitrogens with zero attached hydrogens (tertiary/aromatic N) is 1. The summed E-state index contributed by atoms with van der Waals surface area (Å²) in [5.41, 5.74) is 0.727. The summed E-state index contributed by atoms with van der Waals surface area (Å²) in [4.78, 5) is 14.7. The van der Waals surface area contributed by atoms with E-state index in [0.717, 1.165) is 41.9 Å². The van der Waals surface area contributed by atoms with E-state index in [4.69, 9.17) is 4.74 Å². The number of hydrogen-bond acceptors (Lipinski definition) is 3. The number of hydrogen-bond donors (Lipinski definition) is 1. The number of carbonyl (C=O) groups is 1. The number of nitrogens with one attached hydrogen (secondary N) is 1. The van der Waals surface area contributed by atoms with Crippen LogP contribution in [0.3, 0.4) is 0 Å². The summed E-state index contributed by atoms with van der Waals surface area (Å²) in [5, 5.41) is 3.10. The fraction of sp³-hybridized carbons (Fsp3) is 0.588. The maximum atomic E-state index is 12.3. The second-order valence-corrected chi connectivity index (χ2v) is 7.39. The molecule has 1 aromatic carbocycles. The molecular formula is C17H25IN2O2. The first-order valence-electron chi connectivity index (χ1n) is 7.92. The second kappa shape index (κ2) is 8.84. The van der Waals surface area contributed by atoms with Gasteiger partial charge < -0.3 is 10.1 Å². The Hall–Kier alpha value is -0.660. The molecule has 1 aliphatic rings. The van der Waals surface area contributed by atoms with E-state index in [1.54, 1.807) is 0 Å². The summed E-state index contributed by atoms with van der Waals surface area (Å²) in [5.74, 6) is 0.626. The van der Waals surface area contributed by atoms with Gasteiger partial charge in [0.25, 0.3) is 5.91 Å². The van der Waals surface area contributed by atoms with Crippen molar-refractivity contribution in [2.75, 3.05) is 32.8 Å². The largest absolute Gasteiger partial charge is 0.379 e. The predicted octanol–water partition coefficient (Wildman–Crippen LogP) is 2.77. The fourth-order valence-electron chi connectivity index (χ4n) is 2.76. The van der Waals surface area contributed by atoms with Crippen LogP contribution in [0, 0.1) is 9.49 Å². The van der Waals surface area contributed by atoms with Crippen molar-refractivity contribution in [1.29, 1.82) is 0 Å². The summed E-state index contributed by atoms with van der Waals surface area (Å²) in [6, 6.07) is 8.07. The Balaban J connectivity index is 1.91. The molecule has 4 nitrogen and oxygen atoms in total. The van der Waals surface area contributed by atoms with Gasteiger partial charge in [-0.15, -0.1) is 0 Å². The van der Waals surface area contributed by atoms with Gasteiger partial charge in [-0.3, -0.25) is 9.69 Å². The van der Waals surface area contributed by atoms with Crippen LogP contribution in [0.1, 0.15) is 30.6 Å². The number of morpholine rings is 1. The van der Waals surface area contributed by atoms with Crippen molar-refractivity contribution >= 4 is 28.5 Å². The highest BCUT2D eigenvalue weighted by molar-refractivity contribution is 14.1. The summed E-state index contributed by atoms with van der Waals surface area (Å²) in [7, 11) is 0. The standard InChI is InChI=1S/C17H25IN2O2/c1-13(2)11-16(20-7-9-22-10-8-20)12-19-17(21)14-3-5-15(18)6-4-14/h3-6,13,16H,7-12H2,1-2H3,(H,19,21). The molecule has 1 fully saturated rings. The molecule has 0 saturated carbocycles. The van der Waals surface area contributed by atoms with E-state index >= 15 is 0 Å². The number of rotatable bonds is 6. The molecule has 1 amide bonds. The van der Waals surface area contributed by atoms with E-state index in [2.05, 4.69) is 46.7 Å². The number of halogens is 1. The average Bonchev–Trinajstić information content (AvgIpc) is 2.52. The summed E-state index contributed by atoms with van der Waals surface area (Å²) in [6.07, 6.45) is 1.09. The highest BCUT2D eigenvalue weighted by Gasteiger charge is 2.22. The van der Waals surface area contributed by atoms with E-state index < -0.39 is 0 Å². The fourth-order valence-corrected chi connectivity index (χ4v) is 3.12. The zero-order valence-electron chi connectivity index (χ0n) is 13.3. The van der Waals surface area contributed by atoms with Gasteiger partial charge in [-0.25, -0.2) is 0 Å². The maximum Gasteiger partial charge on any atom is 0.251 e. The van der Waals surface area contributed by atoms with Gasteiger partial charge in [-0.1, -0.05) is 13.8 Å². The molecule has 0 aliphatic carbocycles. The van der Waals surface area contributed by atoms with Crippen LogP contribution in [0.4, 0.5) is 0 Å². The van der Waals surface area contributed by atoms with Crippen molar-refractivity contribution in [3.63, 3.8) is 0 Å². The second-order valence-electron chi connectivity index (χ2n) is 6.15. The third kappa shape index (κ3) is 5.52. The molecule has 122 valence electrons. The minimum atomic E-state index is 0.0124. The lowest BCUT2D eigenvalue weighted by Crippen LogP contribution is -2.49. The highest BCUT2D eigenvalue weighted by atomic mass is 127. The van der Waals surface area contributed by atoms with Gasteiger partial charge in [-0.05, 0) is 59.2 Å². The van der Waals surface area contributed by atoms with Crippen LogP contribution in [0.25, 0.3) is 0 Å². The molecule has 1 aliphatic heterocycles. The SMILES string of the molecule is CC(C)CC(CNC(=O)c1ccc(I)cc1)N1CCOCC1. The Morgan fingerprint density at radius 3 is 2.50 bits per heavy atom. The molecule has 2 rings (SSSR count). The van der Waals surface area contributed by atoms with Crippen molar-refractivity contribution in [3.8, 4) is 0 Å². The van der Waals surface area contributed by atoms with Crippen molar-refractivity contribution < 1.29 is 9.53 Å². The highest BCUT2D eigenvalue weighted by Crippen LogP contribution is 2.13. The van der Waals surface area contributed by atoms with Crippen LogP contribution >= 0.6 is 22.6 Å². The third-order valence-electron chi connectivity index (χ3n) is 3.91. The van der Waals surface area contributed by atoms with E-state index in [1.165, 1.54) is 0 Å². The lowest BCUT2D eigenvalue weighted by molar-refractivity contribution is 0.0124. The third-order valence-corrected chi connectivity index (χ3v) is 4.63. The molecule has 1 aromatic rings. The van der Waals surface area contributed by atoms with Gasteiger partial charge >= 0.3 is 0 Å². The summed E-state index contributed by atoms with van der Waals surface area (Å²) < 4.78 is 6.57. The van der Waals surface area contributed by atoms with Crippen LogP contribution in [0.2, 0.25) is 0 Å². The smallest absolute Gasteiger partial charge is 0.251 e. The minimum absolute atomic E-state index is 0.0124. The van der Waals surface area contributed by atoms with Crippen LogP contribution in [-0.4, -0.2) is 49.7 Å². The molecule has 0 radical (unpaired) electrons. The van der Waals surface area contributed by atoms with Gasteiger partial charge in [0.05, 0.1) is 13.2 Å². The predicted molar refractivity (Wildman–Crippen MR) is 97.1 cm³/mol. The summed E-state index contributed by atoms with van der Waals surface area (Å²) >= 11 is 2.24. The monoisotopic (exact) mass is 416 g/mol. The van der Waals surface area contributed by atoms with Gasteiger partial charge in [0, 0.05) is 34.8 Å². The van der Waals surface area contributed by atoms with E-state index in [-0.39, 0.29) is 5.91 Å². The molecule has 1 saturated heterocycles. The topological polar surface area (TPSA) is 41.6 Å². The Morgan fingerprint density at radius 2 is 1.91 bits per heavy atom. The Morgan fingerprint density at radius 1 is 1.27 bits per heavy atom. The maximum absolute atomic E-state index is 12.3. The number of benzene rings is 1. The lowest BCUT2D eigenvalue weighted by atomic mass is 10.0. The summed E-state index contributed by atoms with van der Waals surface area (Å²) in [6.45, 7) is 8.65. The van der Waals surface area contributed by atoms with Crippen LogP contribution in [0.5, 0.6) is 0 Å². The molecule has 0 bridgehead atoms. The molecule has 1 N–H and O–H groups in total. The normalized spacial score (nSPS) is 17.5. The zero-order valence-corrected chi connectivity index (χ0v) is 15.5. The van der Waals surface area contributed by atoms with Crippen molar-refractivity contribution in [2.24, 2.45) is 5.92 Å². The minimum Gasteiger partial charge on any atom is -0.379 e. The van der Waals surface area contributed by atoms with Crippen LogP contribution < -0.4 is 5.32 Å². The Labute approximate surface area is 146 Å². The first-order valence-corrected chi connectivity index (χ1v) is 8.99. The van der Waals surface area contributed by atoms with Gasteiger partial charge in [0.1, 0.15) is 0 Å². The molecular weight excluding hydrogens is 391 g/mol. The molecule has 1 heterocycles. The quantitative estimate of drug-likeness (QED) is 0.726. The van der Waals surface area contributed by atoms with Crippen LogP contribution in [0.15, 0.2) is 24.3 Å². The zero-order chi connectivity index (χ0) is 15.9. The van der Waals surface area contributed by atoms with Crippen molar-refractivity contribution in [1.82, 2.24) is 10.2 Å². The average molecular weight is 416 g/mol. The first-order chi connectivity index (χ1) is 10.6. The van der Waals surface area contributed by atoms with Crippen molar-refractivity contribution in [3.05, 3.63) is 33.4 Å². The Bertz CT molecular complexity index is 470. The number of amides is 1. The molecule has 0 spiro atoms. The molecule has 1 unspecified atom stereocenters. The number of carbonyl (C=O) groups excluding carboxylic acids is 1. The van der Waals surface area contributed by atoms with Crippen LogP contribution in [-0.2, 0) is 4.74 Å². The van der Waals surface area contributed by atoms with E-state index in [1.807, 2.05) is 24.3 Å². The lowest BCUT2D eigenvalue weighted by Gasteiger charge is -2.35. The van der Waals surface area contributed by atoms with E-state index in [9.17, 15) is 4.79 Å². The van der Waals surface area contributed by atoms with Gasteiger partial charge in [-0.2, -0.15) is 0 Å². The molecule has 5 heteroatoms. The van der Waals surface area contributed by atoms with E-state index in [0.29, 0.717) is 18.5 Å². The van der Waals surface area contributed by atoms with Gasteiger partial charge in [0.15, 0.2) is 0 Å². The van der Waals surface area contributed by atoms with Crippen molar-refractivity contribution in [2.45, 2.75) is 26.3 Å². The molecule has 22 heavy (non-hydrogen) atoms. The van der Waals surface area contributed by atoms with Gasteiger partial charge in [0.2, 0.25) is 0 Å². The molecule has 0 aromatic heterocycles. The first kappa shape index (κ1) is 17.7. The molecule has 1 atom stereocenters. The Kier molecular flexibility index (Phi) is 7.11.